The Balaban J connectivity index is 1.06. The summed E-state index contributed by atoms with van der Waals surface area (Å²) >= 11 is 11.6. The molecule has 2 aliphatic rings. The van der Waals surface area contributed by atoms with Crippen molar-refractivity contribution in [2.24, 2.45) is 5.16 Å². The number of aromatic nitrogens is 3. The monoisotopic (exact) mass is 1020 g/mol. The number of β-lactam (4-membered cyclic amide) rings is 1. The van der Waals surface area contributed by atoms with E-state index in [4.69, 9.17) is 31.7 Å². The number of benzene rings is 5. The van der Waals surface area contributed by atoms with Gasteiger partial charge < -0.3 is 19.6 Å². The van der Waals surface area contributed by atoms with E-state index in [-0.39, 0.29) is 27.5 Å². The van der Waals surface area contributed by atoms with Crippen LogP contribution in [0.3, 0.4) is 0 Å². The standard InChI is InChI=1S/C52H45N7O6S5/c1-51(2,3)64-50(62)56-49-54-39(32-69-49)41(57-65-52(36-23-13-6-14-24-36,37-25-15-7-16-26-37)38-27-17-8-18-28-38)45(60)55-42-46(61)59-43(35(31-68-47(42)59)30-67-40-29-53-58-70-40)48(66)63-44(33-19-9-4-10-20-33)34-21-11-5-12-22-34/h4-29,32,42,44,47H,30-31H2,1-3H3,(H,55,60)(H,54,56,62)/b57-41+/t42-,47-/m1/s1. The summed E-state index contributed by atoms with van der Waals surface area (Å²) in [5.41, 5.74) is 3.12. The lowest BCUT2D eigenvalue weighted by Gasteiger charge is -2.50. The maximum Gasteiger partial charge on any atom is 0.413 e. The van der Waals surface area contributed by atoms with Crippen LogP contribution >= 0.6 is 58.6 Å². The average Bonchev–Trinajstić information content (AvgIpc) is 4.09. The van der Waals surface area contributed by atoms with E-state index in [1.54, 1.807) is 49.0 Å². The fourth-order valence-electron chi connectivity index (χ4n) is 7.95. The van der Waals surface area contributed by atoms with Gasteiger partial charge in [-0.3, -0.25) is 19.8 Å². The van der Waals surface area contributed by atoms with Crippen molar-refractivity contribution in [1.82, 2.24) is 24.8 Å². The molecule has 2 aromatic heterocycles. The molecule has 0 aliphatic carbocycles. The molecule has 2 aliphatic heterocycles. The number of carbonyl (C=O) groups excluding carboxylic acids is 3. The van der Waals surface area contributed by atoms with Gasteiger partial charge >= 0.3 is 6.09 Å². The van der Waals surface area contributed by atoms with Crippen LogP contribution in [0.1, 0.15) is 60.4 Å². The molecule has 2 atom stereocenters. The van der Waals surface area contributed by atoms with E-state index in [9.17, 15) is 14.4 Å². The summed E-state index contributed by atoms with van der Waals surface area (Å²) in [6.07, 6.45) is 0.420. The number of fused-ring (bicyclic) bond motifs is 1. The first kappa shape index (κ1) is 48.3. The number of nitrogens with one attached hydrogen (secondary N) is 2. The van der Waals surface area contributed by atoms with Crippen LogP contribution in [0, 0.1) is 0 Å². The average molecular weight is 1020 g/mol. The molecule has 0 saturated carbocycles. The first-order valence-electron chi connectivity index (χ1n) is 22.1. The Bertz CT molecular complexity index is 2870. The van der Waals surface area contributed by atoms with Crippen LogP contribution in [-0.4, -0.2) is 76.7 Å². The molecule has 0 bridgehead atoms. The van der Waals surface area contributed by atoms with Gasteiger partial charge in [0.05, 0.1) is 11.9 Å². The summed E-state index contributed by atoms with van der Waals surface area (Å²) < 4.78 is 17.1. The highest BCUT2D eigenvalue weighted by Gasteiger charge is 2.54. The summed E-state index contributed by atoms with van der Waals surface area (Å²) in [6.45, 7) is 5.26. The molecule has 5 aromatic carbocycles. The third-order valence-electron chi connectivity index (χ3n) is 11.1. The smallest absolute Gasteiger partial charge is 0.413 e. The Morgan fingerprint density at radius 1 is 0.843 bits per heavy atom. The Labute approximate surface area is 426 Å². The lowest BCUT2D eigenvalue weighted by Crippen LogP contribution is -2.71. The second kappa shape index (κ2) is 21.5. The fraction of sp³-hybridized carbons (Fsp3) is 0.192. The normalized spacial score (nSPS) is 16.0. The molecule has 354 valence electrons. The van der Waals surface area contributed by atoms with Crippen LogP contribution in [0.5, 0.6) is 0 Å². The van der Waals surface area contributed by atoms with Crippen LogP contribution in [0.4, 0.5) is 9.93 Å². The Morgan fingerprint density at radius 3 is 1.93 bits per heavy atom. The number of amides is 3. The molecule has 0 radical (unpaired) electrons. The van der Waals surface area contributed by atoms with E-state index in [2.05, 4.69) is 25.2 Å². The minimum absolute atomic E-state index is 0.0939. The number of thioether (sulfide) groups is 2. The summed E-state index contributed by atoms with van der Waals surface area (Å²) in [4.78, 5) is 55.6. The second-order valence-electron chi connectivity index (χ2n) is 16.9. The van der Waals surface area contributed by atoms with E-state index >= 15 is 0 Å². The molecule has 13 nitrogen and oxygen atoms in total. The maximum atomic E-state index is 15.0. The van der Waals surface area contributed by atoms with Crippen LogP contribution in [0.2, 0.25) is 0 Å². The van der Waals surface area contributed by atoms with Crippen molar-refractivity contribution in [3.63, 3.8) is 0 Å². The van der Waals surface area contributed by atoms with E-state index in [0.717, 1.165) is 48.9 Å². The molecule has 0 spiro atoms. The van der Waals surface area contributed by atoms with Crippen LogP contribution < -0.4 is 10.6 Å². The number of oxime groups is 1. The molecular formula is C52H45N7O6S5. The van der Waals surface area contributed by atoms with E-state index in [1.807, 2.05) is 152 Å². The van der Waals surface area contributed by atoms with Crippen molar-refractivity contribution in [2.75, 3.05) is 16.8 Å². The van der Waals surface area contributed by atoms with Gasteiger partial charge in [-0.2, -0.15) is 0 Å². The van der Waals surface area contributed by atoms with Crippen LogP contribution in [-0.2, 0) is 29.5 Å². The number of ether oxygens (including phenoxy) is 2. The van der Waals surface area contributed by atoms with Gasteiger partial charge in [-0.05, 0) is 61.2 Å². The van der Waals surface area contributed by atoms with Gasteiger partial charge in [-0.25, -0.2) is 9.78 Å². The number of hydrogen-bond donors (Lipinski definition) is 2. The highest BCUT2D eigenvalue weighted by Crippen LogP contribution is 2.44. The molecule has 4 heterocycles. The Morgan fingerprint density at radius 2 is 1.40 bits per heavy atom. The number of anilines is 1. The lowest BCUT2D eigenvalue weighted by atomic mass is 9.80. The molecule has 1 fully saturated rings. The zero-order valence-electron chi connectivity index (χ0n) is 38.0. The zero-order chi connectivity index (χ0) is 48.7. The molecule has 7 aromatic rings. The Hall–Kier alpha value is -6.70. The molecule has 3 amide bonds. The number of nitrogens with zero attached hydrogens (tertiary/aromatic N) is 5. The first-order chi connectivity index (χ1) is 34.0. The SMILES string of the molecule is CC(C)(C)OC(=O)Nc1nc(/C(=N\OC(c2ccccc2)(c2ccccc2)c2ccccc2)C(=O)N[C@@H]2C(=O)N3C(C(=S)OC(c4ccccc4)c4ccccc4)=C(CSc4cnns4)CS[C@H]23)cs1. The summed E-state index contributed by atoms with van der Waals surface area (Å²) in [5, 5.41) is 15.7. The topological polar surface area (TPSA) is 157 Å². The highest BCUT2D eigenvalue weighted by molar-refractivity contribution is 8.02. The third kappa shape index (κ3) is 10.7. The number of thiocarbonyl (C=S) groups is 1. The molecule has 70 heavy (non-hydrogen) atoms. The first-order valence-corrected chi connectivity index (χ1v) is 26.2. The minimum Gasteiger partial charge on any atom is -0.469 e. The molecule has 0 unspecified atom stereocenters. The lowest BCUT2D eigenvalue weighted by molar-refractivity contribution is -0.144. The van der Waals surface area contributed by atoms with Gasteiger partial charge in [-0.1, -0.05) is 161 Å². The molecule has 9 rings (SSSR count). The second-order valence-corrected chi connectivity index (χ2v) is 21.3. The van der Waals surface area contributed by atoms with Gasteiger partial charge in [0.15, 0.2) is 10.8 Å². The van der Waals surface area contributed by atoms with E-state index in [0.29, 0.717) is 17.2 Å². The third-order valence-corrected chi connectivity index (χ3v) is 15.4. The Kier molecular flexibility index (Phi) is 14.9. The predicted octanol–water partition coefficient (Wildman–Crippen LogP) is 10.6. The summed E-state index contributed by atoms with van der Waals surface area (Å²) in [5.74, 6) is -0.132. The molecule has 18 heteroatoms. The maximum absolute atomic E-state index is 15.0. The van der Waals surface area contributed by atoms with Gasteiger partial charge in [0.2, 0.25) is 10.7 Å². The fourth-order valence-corrected chi connectivity index (χ4v) is 11.9. The number of hydrogen-bond acceptors (Lipinski definition) is 15. The van der Waals surface area contributed by atoms with Gasteiger partial charge in [0.1, 0.15) is 33.0 Å². The van der Waals surface area contributed by atoms with E-state index in [1.165, 1.54) is 23.3 Å². The van der Waals surface area contributed by atoms with Gasteiger partial charge in [0, 0.05) is 33.6 Å². The number of rotatable bonds is 16. The highest BCUT2D eigenvalue weighted by atomic mass is 32.2. The number of carbonyl (C=O) groups is 3. The summed E-state index contributed by atoms with van der Waals surface area (Å²) in [7, 11) is 0. The predicted molar refractivity (Wildman–Crippen MR) is 280 cm³/mol. The van der Waals surface area contributed by atoms with Crippen molar-refractivity contribution < 1.29 is 28.7 Å². The largest absolute Gasteiger partial charge is 0.469 e. The molecular weight excluding hydrogens is 979 g/mol. The van der Waals surface area contributed by atoms with Gasteiger partial charge in [0.25, 0.3) is 11.8 Å². The van der Waals surface area contributed by atoms with Gasteiger partial charge in [-0.15, -0.1) is 40.0 Å². The van der Waals surface area contributed by atoms with Crippen LogP contribution in [0.25, 0.3) is 0 Å². The zero-order valence-corrected chi connectivity index (χ0v) is 42.0. The van der Waals surface area contributed by atoms with Crippen molar-refractivity contribution in [2.45, 2.75) is 53.7 Å². The van der Waals surface area contributed by atoms with Crippen molar-refractivity contribution in [3.8, 4) is 0 Å². The van der Waals surface area contributed by atoms with E-state index < -0.39 is 40.7 Å². The minimum atomic E-state index is -1.36. The van der Waals surface area contributed by atoms with Crippen molar-refractivity contribution >= 4 is 92.4 Å². The van der Waals surface area contributed by atoms with Crippen molar-refractivity contribution in [1.29, 1.82) is 0 Å². The number of thiazole rings is 1. The molecule has 1 saturated heterocycles. The summed E-state index contributed by atoms with van der Waals surface area (Å²) in [6, 6.07) is 47.4. The quantitative estimate of drug-likeness (QED) is 0.0236. The van der Waals surface area contributed by atoms with Crippen molar-refractivity contribution in [3.05, 3.63) is 208 Å². The molecule has 2 N–H and O–H groups in total. The van der Waals surface area contributed by atoms with Crippen LogP contribution in [0.15, 0.2) is 184 Å².